The molecule has 3 nitrogen and oxygen atoms in total. The van der Waals surface area contributed by atoms with Crippen LogP contribution in [0.15, 0.2) is 30.3 Å². The quantitative estimate of drug-likeness (QED) is 0.827. The first kappa shape index (κ1) is 15.0. The van der Waals surface area contributed by atoms with Gasteiger partial charge in [0.05, 0.1) is 0 Å². The summed E-state index contributed by atoms with van der Waals surface area (Å²) in [4.78, 5) is 11.6. The van der Waals surface area contributed by atoms with Crippen molar-refractivity contribution in [2.45, 2.75) is 24.7 Å². The van der Waals surface area contributed by atoms with E-state index in [1.807, 2.05) is 13.1 Å². The van der Waals surface area contributed by atoms with Gasteiger partial charge < -0.3 is 10.6 Å². The van der Waals surface area contributed by atoms with E-state index in [1.54, 1.807) is 0 Å². The van der Waals surface area contributed by atoms with Gasteiger partial charge in [-0.25, -0.2) is 0 Å². The molecular formula is C14H21ClN2O. The van der Waals surface area contributed by atoms with Crippen LogP contribution in [-0.2, 0) is 10.2 Å². The molecular weight excluding hydrogens is 248 g/mol. The third kappa shape index (κ3) is 3.72. The largest absolute Gasteiger partial charge is 0.355 e. The van der Waals surface area contributed by atoms with Crippen LogP contribution in [0, 0.1) is 0 Å². The maximum atomic E-state index is 11.6. The van der Waals surface area contributed by atoms with E-state index in [0.717, 1.165) is 13.1 Å². The highest BCUT2D eigenvalue weighted by Gasteiger charge is 2.44. The Bertz CT molecular complexity index is 377. The minimum atomic E-state index is 0. The zero-order valence-electron chi connectivity index (χ0n) is 10.7. The van der Waals surface area contributed by atoms with Crippen LogP contribution in [-0.4, -0.2) is 26.0 Å². The van der Waals surface area contributed by atoms with Crippen LogP contribution in [0.1, 0.15) is 24.8 Å². The molecule has 1 amide bonds. The number of halogens is 1. The minimum absolute atomic E-state index is 0. The number of rotatable bonds is 6. The molecule has 0 radical (unpaired) electrons. The van der Waals surface area contributed by atoms with Gasteiger partial charge >= 0.3 is 0 Å². The predicted octanol–water partition coefficient (Wildman–Crippen LogP) is 1.87. The van der Waals surface area contributed by atoms with Gasteiger partial charge in [-0.2, -0.15) is 0 Å². The van der Waals surface area contributed by atoms with Crippen LogP contribution in [0.5, 0.6) is 0 Å². The number of benzene rings is 1. The summed E-state index contributed by atoms with van der Waals surface area (Å²) in [6.45, 7) is 1.52. The molecule has 1 aliphatic rings. The van der Waals surface area contributed by atoms with Gasteiger partial charge in [-0.15, -0.1) is 12.4 Å². The molecule has 0 heterocycles. The molecule has 2 N–H and O–H groups in total. The Morgan fingerprint density at radius 1 is 1.28 bits per heavy atom. The normalized spacial score (nSPS) is 15.6. The van der Waals surface area contributed by atoms with Crippen molar-refractivity contribution in [2.75, 3.05) is 20.1 Å². The average molecular weight is 269 g/mol. The highest BCUT2D eigenvalue weighted by atomic mass is 35.5. The molecule has 0 aromatic heterocycles. The summed E-state index contributed by atoms with van der Waals surface area (Å²) in [7, 11) is 1.86. The van der Waals surface area contributed by atoms with Crippen LogP contribution < -0.4 is 10.6 Å². The predicted molar refractivity (Wildman–Crippen MR) is 76.2 cm³/mol. The topological polar surface area (TPSA) is 41.1 Å². The second-order valence-corrected chi connectivity index (χ2v) is 4.78. The van der Waals surface area contributed by atoms with Gasteiger partial charge in [0.2, 0.25) is 5.91 Å². The molecule has 0 spiro atoms. The first-order chi connectivity index (χ1) is 8.27. The number of nitrogens with one attached hydrogen (secondary N) is 2. The molecule has 0 aliphatic heterocycles. The van der Waals surface area contributed by atoms with Crippen molar-refractivity contribution in [3.8, 4) is 0 Å². The monoisotopic (exact) mass is 268 g/mol. The Balaban J connectivity index is 0.00000162. The second kappa shape index (κ2) is 6.76. The van der Waals surface area contributed by atoms with E-state index in [9.17, 15) is 4.79 Å². The lowest BCUT2D eigenvalue weighted by Gasteiger charge is -2.16. The van der Waals surface area contributed by atoms with Gasteiger partial charge in [0.1, 0.15) is 0 Å². The third-order valence-electron chi connectivity index (χ3n) is 3.47. The van der Waals surface area contributed by atoms with E-state index in [1.165, 1.54) is 18.4 Å². The van der Waals surface area contributed by atoms with E-state index < -0.39 is 0 Å². The lowest BCUT2D eigenvalue weighted by molar-refractivity contribution is -0.121. The SMILES string of the molecule is CNCCC(=O)NCC1(c2ccccc2)CC1.Cl. The summed E-state index contributed by atoms with van der Waals surface area (Å²) in [6.07, 6.45) is 2.92. The number of hydrogen-bond donors (Lipinski definition) is 2. The average Bonchev–Trinajstić information content (AvgIpc) is 3.16. The molecule has 1 aromatic rings. The highest BCUT2D eigenvalue weighted by molar-refractivity contribution is 5.85. The molecule has 2 rings (SSSR count). The Kier molecular flexibility index (Phi) is 5.63. The van der Waals surface area contributed by atoms with Gasteiger partial charge in [0.15, 0.2) is 0 Å². The molecule has 1 aromatic carbocycles. The van der Waals surface area contributed by atoms with E-state index in [4.69, 9.17) is 0 Å². The third-order valence-corrected chi connectivity index (χ3v) is 3.47. The maximum Gasteiger partial charge on any atom is 0.221 e. The molecule has 0 unspecified atom stereocenters. The Morgan fingerprint density at radius 3 is 2.50 bits per heavy atom. The second-order valence-electron chi connectivity index (χ2n) is 4.78. The van der Waals surface area contributed by atoms with Crippen molar-refractivity contribution in [3.63, 3.8) is 0 Å². The smallest absolute Gasteiger partial charge is 0.221 e. The Hall–Kier alpha value is -1.06. The first-order valence-corrected chi connectivity index (χ1v) is 6.24. The van der Waals surface area contributed by atoms with Crippen molar-refractivity contribution in [1.29, 1.82) is 0 Å². The Morgan fingerprint density at radius 2 is 1.94 bits per heavy atom. The molecule has 0 saturated heterocycles. The van der Waals surface area contributed by atoms with Crippen molar-refractivity contribution in [1.82, 2.24) is 10.6 Å². The van der Waals surface area contributed by atoms with Gasteiger partial charge in [-0.1, -0.05) is 30.3 Å². The zero-order valence-corrected chi connectivity index (χ0v) is 11.6. The van der Waals surface area contributed by atoms with Gasteiger partial charge in [-0.05, 0) is 25.5 Å². The first-order valence-electron chi connectivity index (χ1n) is 6.24. The number of amides is 1. The van der Waals surface area contributed by atoms with E-state index in [0.29, 0.717) is 6.42 Å². The lowest BCUT2D eigenvalue weighted by atomic mass is 9.96. The van der Waals surface area contributed by atoms with Crippen LogP contribution in [0.25, 0.3) is 0 Å². The molecule has 1 aliphatic carbocycles. The molecule has 100 valence electrons. The molecule has 18 heavy (non-hydrogen) atoms. The standard InChI is InChI=1S/C14H20N2O.ClH/c1-15-10-7-13(17)16-11-14(8-9-14)12-5-3-2-4-6-12;/h2-6,15H,7-11H2,1H3,(H,16,17);1H. The molecule has 0 atom stereocenters. The van der Waals surface area contributed by atoms with E-state index in [2.05, 4.69) is 34.9 Å². The van der Waals surface area contributed by atoms with Crippen LogP contribution in [0.2, 0.25) is 0 Å². The van der Waals surface area contributed by atoms with Crippen LogP contribution >= 0.6 is 12.4 Å². The summed E-state index contributed by atoms with van der Waals surface area (Å²) < 4.78 is 0. The fraction of sp³-hybridized carbons (Fsp3) is 0.500. The number of carbonyl (C=O) groups excluding carboxylic acids is 1. The van der Waals surface area contributed by atoms with Gasteiger partial charge in [0.25, 0.3) is 0 Å². The zero-order chi connectivity index (χ0) is 12.1. The minimum Gasteiger partial charge on any atom is -0.355 e. The van der Waals surface area contributed by atoms with Crippen molar-refractivity contribution >= 4 is 18.3 Å². The molecule has 1 fully saturated rings. The molecule has 0 bridgehead atoms. The van der Waals surface area contributed by atoms with E-state index in [-0.39, 0.29) is 23.7 Å². The summed E-state index contributed by atoms with van der Waals surface area (Å²) in [6, 6.07) is 10.5. The summed E-state index contributed by atoms with van der Waals surface area (Å²) in [5.41, 5.74) is 1.57. The highest BCUT2D eigenvalue weighted by Crippen LogP contribution is 2.47. The number of carbonyl (C=O) groups is 1. The fourth-order valence-electron chi connectivity index (χ4n) is 2.10. The number of hydrogen-bond acceptors (Lipinski definition) is 2. The Labute approximate surface area is 115 Å². The summed E-state index contributed by atoms with van der Waals surface area (Å²) >= 11 is 0. The summed E-state index contributed by atoms with van der Waals surface area (Å²) in [5, 5.41) is 6.02. The van der Waals surface area contributed by atoms with E-state index >= 15 is 0 Å². The fourth-order valence-corrected chi connectivity index (χ4v) is 2.10. The van der Waals surface area contributed by atoms with Gasteiger partial charge in [-0.3, -0.25) is 4.79 Å². The summed E-state index contributed by atoms with van der Waals surface area (Å²) in [5.74, 6) is 0.140. The van der Waals surface area contributed by atoms with Crippen molar-refractivity contribution in [2.24, 2.45) is 0 Å². The van der Waals surface area contributed by atoms with Crippen LogP contribution in [0.4, 0.5) is 0 Å². The molecule has 4 heteroatoms. The molecule has 1 saturated carbocycles. The van der Waals surface area contributed by atoms with Gasteiger partial charge in [0, 0.05) is 24.9 Å². The van der Waals surface area contributed by atoms with Crippen molar-refractivity contribution in [3.05, 3.63) is 35.9 Å². The lowest BCUT2D eigenvalue weighted by Crippen LogP contribution is -2.33. The van der Waals surface area contributed by atoms with Crippen molar-refractivity contribution < 1.29 is 4.79 Å². The van der Waals surface area contributed by atoms with Crippen LogP contribution in [0.3, 0.4) is 0 Å². The maximum absolute atomic E-state index is 11.6.